The number of carbonyl (C=O) groups is 3. The van der Waals surface area contributed by atoms with E-state index >= 15 is 0 Å². The summed E-state index contributed by atoms with van der Waals surface area (Å²) in [6, 6.07) is 0. The summed E-state index contributed by atoms with van der Waals surface area (Å²) in [5.41, 5.74) is 0. The van der Waals surface area contributed by atoms with Crippen molar-refractivity contribution in [1.29, 1.82) is 0 Å². The van der Waals surface area contributed by atoms with Crippen molar-refractivity contribution in [3.63, 3.8) is 0 Å². The minimum absolute atomic E-state index is 0.0865. The van der Waals surface area contributed by atoms with E-state index in [2.05, 4.69) is 142 Å². The second-order valence-electron chi connectivity index (χ2n) is 22.3. The second-order valence-corrected chi connectivity index (χ2v) is 22.3. The average Bonchev–Trinajstić information content (AvgIpc) is 3.46. The van der Waals surface area contributed by atoms with Gasteiger partial charge in [0.05, 0.1) is 0 Å². The largest absolute Gasteiger partial charge is 0.462 e. The van der Waals surface area contributed by atoms with Crippen LogP contribution in [-0.4, -0.2) is 37.2 Å². The lowest BCUT2D eigenvalue weighted by atomic mass is 10.1. The van der Waals surface area contributed by atoms with Crippen LogP contribution in [0.1, 0.15) is 316 Å². The van der Waals surface area contributed by atoms with Gasteiger partial charge in [0.1, 0.15) is 13.2 Å². The molecule has 0 spiro atoms. The van der Waals surface area contributed by atoms with Gasteiger partial charge in [-0.25, -0.2) is 0 Å². The molecule has 0 fully saturated rings. The fourth-order valence-corrected chi connectivity index (χ4v) is 9.33. The van der Waals surface area contributed by atoms with Crippen molar-refractivity contribution in [3.05, 3.63) is 122 Å². The smallest absolute Gasteiger partial charge is 0.306 e. The van der Waals surface area contributed by atoms with Gasteiger partial charge in [0.15, 0.2) is 6.10 Å². The highest BCUT2D eigenvalue weighted by Crippen LogP contribution is 2.16. The fourth-order valence-electron chi connectivity index (χ4n) is 9.33. The van der Waals surface area contributed by atoms with Crippen LogP contribution in [0.2, 0.25) is 0 Å². The summed E-state index contributed by atoms with van der Waals surface area (Å²) in [7, 11) is 0. The first-order valence-corrected chi connectivity index (χ1v) is 34.0. The van der Waals surface area contributed by atoms with E-state index in [0.717, 1.165) is 122 Å². The van der Waals surface area contributed by atoms with Crippen LogP contribution in [0.3, 0.4) is 0 Å². The third kappa shape index (κ3) is 66.5. The van der Waals surface area contributed by atoms with Crippen molar-refractivity contribution in [3.8, 4) is 0 Å². The van der Waals surface area contributed by atoms with Gasteiger partial charge in [0.2, 0.25) is 0 Å². The minimum Gasteiger partial charge on any atom is -0.462 e. The summed E-state index contributed by atoms with van der Waals surface area (Å²) in [6.45, 7) is 6.51. The average molecular weight is 1120 g/mol. The van der Waals surface area contributed by atoms with Gasteiger partial charge in [0.25, 0.3) is 0 Å². The lowest BCUT2D eigenvalue weighted by Gasteiger charge is -2.18. The quantitative estimate of drug-likeness (QED) is 0.0261. The molecule has 0 bridgehead atoms. The number of esters is 3. The maximum atomic E-state index is 12.9. The fraction of sp³-hybridized carbons (Fsp3) is 0.693. The maximum Gasteiger partial charge on any atom is 0.306 e. The molecule has 6 heteroatoms. The molecule has 0 aliphatic carbocycles. The van der Waals surface area contributed by atoms with E-state index in [1.54, 1.807) is 0 Å². The Morgan fingerprint density at radius 2 is 0.481 bits per heavy atom. The summed E-state index contributed by atoms with van der Waals surface area (Å²) < 4.78 is 16.9. The Balaban J connectivity index is 4.29. The standard InChI is InChI=1S/C75H126O6/c1-4-7-10-13-16-19-22-25-27-29-30-31-32-33-34-35-36-37-38-39-40-41-42-43-44-46-47-50-53-56-59-62-65-68-74(77)80-71-72(70-79-73(76)67-64-61-58-55-52-49-24-21-18-15-12-9-6-3)81-75(78)69-66-63-60-57-54-51-48-45-28-26-23-20-17-14-11-8-5-2/h7,10,16,19,21,24-28,30-31,33-34,36-37,39-40,42-43,72H,4-6,8-9,11-15,17-18,20,22-23,29,32,35,38,41,44-71H2,1-3H3/b10-7-,19-16-,24-21-,27-25-,28-26-,31-30-,34-33-,37-36-,40-39-,43-42-. The third-order valence-corrected chi connectivity index (χ3v) is 14.4. The van der Waals surface area contributed by atoms with E-state index in [1.807, 2.05) is 0 Å². The van der Waals surface area contributed by atoms with Crippen molar-refractivity contribution in [2.24, 2.45) is 0 Å². The van der Waals surface area contributed by atoms with Crippen LogP contribution in [0.25, 0.3) is 0 Å². The third-order valence-electron chi connectivity index (χ3n) is 14.4. The molecule has 1 atom stereocenters. The molecule has 0 aromatic carbocycles. The molecule has 0 amide bonds. The van der Waals surface area contributed by atoms with Crippen molar-refractivity contribution in [2.75, 3.05) is 13.2 Å². The zero-order chi connectivity index (χ0) is 58.5. The SMILES string of the molecule is CC/C=C\C/C=C\C/C=C\C/C=C\C/C=C\C/C=C\C/C=C\C/C=C\CCCCCCCCCCC(=O)OCC(COC(=O)CCCCCCC/C=C\CCCCCC)OC(=O)CCCCCCCCC/C=C\CCCCCCCC. The first kappa shape index (κ1) is 76.8. The molecule has 0 heterocycles. The van der Waals surface area contributed by atoms with Gasteiger partial charge >= 0.3 is 17.9 Å². The second kappa shape index (κ2) is 68.3. The predicted octanol–water partition coefficient (Wildman–Crippen LogP) is 23.6. The molecule has 0 aliphatic heterocycles. The van der Waals surface area contributed by atoms with E-state index in [4.69, 9.17) is 14.2 Å². The van der Waals surface area contributed by atoms with Crippen LogP contribution in [0, 0.1) is 0 Å². The number of rotatable bonds is 61. The Morgan fingerprint density at radius 3 is 0.778 bits per heavy atom. The number of unbranched alkanes of at least 4 members (excludes halogenated alkanes) is 30. The Morgan fingerprint density at radius 1 is 0.259 bits per heavy atom. The monoisotopic (exact) mass is 1120 g/mol. The molecule has 0 saturated heterocycles. The van der Waals surface area contributed by atoms with Gasteiger partial charge in [-0.05, 0) is 135 Å². The zero-order valence-electron chi connectivity index (χ0n) is 53.0. The van der Waals surface area contributed by atoms with E-state index in [9.17, 15) is 14.4 Å². The van der Waals surface area contributed by atoms with E-state index < -0.39 is 6.10 Å². The number of allylic oxidation sites excluding steroid dienone is 20. The van der Waals surface area contributed by atoms with E-state index in [0.29, 0.717) is 19.3 Å². The van der Waals surface area contributed by atoms with Crippen LogP contribution in [-0.2, 0) is 28.6 Å². The van der Waals surface area contributed by atoms with Crippen molar-refractivity contribution < 1.29 is 28.6 Å². The van der Waals surface area contributed by atoms with Gasteiger partial charge in [0, 0.05) is 19.3 Å². The highest BCUT2D eigenvalue weighted by Gasteiger charge is 2.19. The maximum absolute atomic E-state index is 12.9. The van der Waals surface area contributed by atoms with Gasteiger partial charge in [-0.15, -0.1) is 0 Å². The van der Waals surface area contributed by atoms with Gasteiger partial charge in [-0.1, -0.05) is 284 Å². The van der Waals surface area contributed by atoms with Crippen molar-refractivity contribution >= 4 is 17.9 Å². The first-order valence-electron chi connectivity index (χ1n) is 34.0. The molecule has 0 aliphatic rings. The number of carbonyl (C=O) groups excluding carboxylic acids is 3. The molecule has 1 unspecified atom stereocenters. The molecule has 0 radical (unpaired) electrons. The molecule has 0 saturated carbocycles. The molecular formula is C75H126O6. The molecule has 0 aromatic heterocycles. The summed E-state index contributed by atoms with van der Waals surface area (Å²) >= 11 is 0. The van der Waals surface area contributed by atoms with Crippen molar-refractivity contribution in [2.45, 2.75) is 322 Å². The molecule has 0 rings (SSSR count). The van der Waals surface area contributed by atoms with Crippen LogP contribution in [0.5, 0.6) is 0 Å². The zero-order valence-corrected chi connectivity index (χ0v) is 53.0. The Bertz CT molecular complexity index is 1670. The highest BCUT2D eigenvalue weighted by molar-refractivity contribution is 5.71. The molecule has 462 valence electrons. The Labute approximate surface area is 501 Å². The van der Waals surface area contributed by atoms with E-state index in [-0.39, 0.29) is 31.1 Å². The molecule has 0 aromatic rings. The first-order chi connectivity index (χ1) is 40.0. The number of hydrogen-bond acceptors (Lipinski definition) is 6. The Hall–Kier alpha value is -4.19. The van der Waals surface area contributed by atoms with Crippen LogP contribution >= 0.6 is 0 Å². The Kier molecular flexibility index (Phi) is 64.8. The van der Waals surface area contributed by atoms with Gasteiger partial charge in [-0.2, -0.15) is 0 Å². The number of hydrogen-bond donors (Lipinski definition) is 0. The molecule has 0 N–H and O–H groups in total. The van der Waals surface area contributed by atoms with Crippen LogP contribution in [0.15, 0.2) is 122 Å². The molecular weight excluding hydrogens is 997 g/mol. The van der Waals surface area contributed by atoms with Crippen LogP contribution in [0.4, 0.5) is 0 Å². The molecule has 6 nitrogen and oxygen atoms in total. The lowest BCUT2D eigenvalue weighted by molar-refractivity contribution is -0.167. The summed E-state index contributed by atoms with van der Waals surface area (Å²) in [4.78, 5) is 38.3. The topological polar surface area (TPSA) is 78.9 Å². The summed E-state index contributed by atoms with van der Waals surface area (Å²) in [5, 5.41) is 0. The number of ether oxygens (including phenoxy) is 3. The summed E-state index contributed by atoms with van der Waals surface area (Å²) in [6.07, 6.45) is 95.0. The highest BCUT2D eigenvalue weighted by atomic mass is 16.6. The summed E-state index contributed by atoms with van der Waals surface area (Å²) in [5.74, 6) is -0.900. The lowest BCUT2D eigenvalue weighted by Crippen LogP contribution is -2.30. The van der Waals surface area contributed by atoms with Gasteiger partial charge in [-0.3, -0.25) is 14.4 Å². The normalized spacial score (nSPS) is 12.9. The minimum atomic E-state index is -0.790. The predicted molar refractivity (Wildman–Crippen MR) is 353 cm³/mol. The molecule has 81 heavy (non-hydrogen) atoms. The van der Waals surface area contributed by atoms with Crippen LogP contribution < -0.4 is 0 Å². The van der Waals surface area contributed by atoms with E-state index in [1.165, 1.54) is 154 Å². The van der Waals surface area contributed by atoms with Crippen molar-refractivity contribution in [1.82, 2.24) is 0 Å². The van der Waals surface area contributed by atoms with Gasteiger partial charge < -0.3 is 14.2 Å².